The van der Waals surface area contributed by atoms with E-state index in [2.05, 4.69) is 53.7 Å². The third-order valence-corrected chi connectivity index (χ3v) is 4.69. The number of hydrogen-bond acceptors (Lipinski definition) is 3. The minimum atomic E-state index is 0.128. The number of rotatable bonds is 8. The maximum Gasteiger partial charge on any atom is 0.243 e. The van der Waals surface area contributed by atoms with Crippen LogP contribution < -0.4 is 4.74 Å². The molecule has 26 heavy (non-hydrogen) atoms. The number of hydrazone groups is 1. The van der Waals surface area contributed by atoms with Crippen LogP contribution in [0.1, 0.15) is 82.9 Å². The number of nitrogens with zero attached hydrogens (tertiary/aromatic N) is 2. The number of amides is 1. The molecule has 0 spiro atoms. The van der Waals surface area contributed by atoms with Gasteiger partial charge in [0.15, 0.2) is 0 Å². The standard InChI is InChI=1S/C22H34N2O2/c1-7-8-11-26-21-12-17(6)19(13-18(21)16(4)5)20-9-10-22(25)24(23-20)14-15(2)3/h12-13,15-16H,7-11,14H2,1-6H3. The van der Waals surface area contributed by atoms with Crippen LogP contribution in [0.4, 0.5) is 0 Å². The molecule has 4 nitrogen and oxygen atoms in total. The van der Waals surface area contributed by atoms with Crippen LogP contribution in [0.2, 0.25) is 0 Å². The van der Waals surface area contributed by atoms with Crippen molar-refractivity contribution < 1.29 is 9.53 Å². The van der Waals surface area contributed by atoms with Crippen molar-refractivity contribution in [2.24, 2.45) is 11.0 Å². The van der Waals surface area contributed by atoms with Crippen LogP contribution >= 0.6 is 0 Å². The zero-order valence-corrected chi connectivity index (χ0v) is 17.3. The lowest BCUT2D eigenvalue weighted by molar-refractivity contribution is -0.132. The second-order valence-corrected chi connectivity index (χ2v) is 7.98. The van der Waals surface area contributed by atoms with Gasteiger partial charge in [0.25, 0.3) is 0 Å². The number of carbonyl (C=O) groups excluding carboxylic acids is 1. The molecule has 1 aromatic carbocycles. The van der Waals surface area contributed by atoms with Crippen LogP contribution in [-0.4, -0.2) is 29.8 Å². The topological polar surface area (TPSA) is 41.9 Å². The Morgan fingerprint density at radius 2 is 1.92 bits per heavy atom. The van der Waals surface area contributed by atoms with Gasteiger partial charge in [-0.15, -0.1) is 0 Å². The van der Waals surface area contributed by atoms with E-state index in [9.17, 15) is 4.79 Å². The molecule has 0 aliphatic carbocycles. The number of unbranched alkanes of at least 4 members (excludes halogenated alkanes) is 1. The summed E-state index contributed by atoms with van der Waals surface area (Å²) < 4.78 is 6.05. The summed E-state index contributed by atoms with van der Waals surface area (Å²) in [6.07, 6.45) is 3.44. The Bertz CT molecular complexity index is 662. The van der Waals surface area contributed by atoms with E-state index < -0.39 is 0 Å². The fourth-order valence-corrected chi connectivity index (χ4v) is 3.19. The van der Waals surface area contributed by atoms with Gasteiger partial charge in [-0.25, -0.2) is 5.01 Å². The highest BCUT2D eigenvalue weighted by atomic mass is 16.5. The van der Waals surface area contributed by atoms with Crippen LogP contribution in [0.15, 0.2) is 17.2 Å². The molecule has 0 atom stereocenters. The van der Waals surface area contributed by atoms with E-state index in [-0.39, 0.29) is 5.91 Å². The van der Waals surface area contributed by atoms with E-state index in [4.69, 9.17) is 9.84 Å². The lowest BCUT2D eigenvalue weighted by Gasteiger charge is -2.26. The molecule has 1 aliphatic rings. The summed E-state index contributed by atoms with van der Waals surface area (Å²) in [5, 5.41) is 6.36. The molecule has 0 saturated heterocycles. The maximum atomic E-state index is 12.2. The van der Waals surface area contributed by atoms with Gasteiger partial charge in [-0.3, -0.25) is 4.79 Å². The van der Waals surface area contributed by atoms with E-state index in [1.165, 1.54) is 11.1 Å². The molecule has 1 aromatic rings. The third kappa shape index (κ3) is 5.09. The first-order chi connectivity index (χ1) is 12.3. The van der Waals surface area contributed by atoms with Crippen molar-refractivity contribution in [3.8, 4) is 5.75 Å². The summed E-state index contributed by atoms with van der Waals surface area (Å²) in [4.78, 5) is 12.2. The Labute approximate surface area is 158 Å². The van der Waals surface area contributed by atoms with Gasteiger partial charge in [-0.2, -0.15) is 5.10 Å². The summed E-state index contributed by atoms with van der Waals surface area (Å²) >= 11 is 0. The normalized spacial score (nSPS) is 15.0. The average Bonchev–Trinajstić information content (AvgIpc) is 2.56. The number of carbonyl (C=O) groups is 1. The molecule has 1 heterocycles. The molecule has 0 unspecified atom stereocenters. The lowest BCUT2D eigenvalue weighted by Crippen LogP contribution is -2.34. The maximum absolute atomic E-state index is 12.2. The SMILES string of the molecule is CCCCOc1cc(C)c(C2=NN(CC(C)C)C(=O)CC2)cc1C(C)C. The van der Waals surface area contributed by atoms with E-state index >= 15 is 0 Å². The Kier molecular flexibility index (Phi) is 7.24. The average molecular weight is 359 g/mol. The Morgan fingerprint density at radius 3 is 2.54 bits per heavy atom. The molecule has 0 bridgehead atoms. The minimum absolute atomic E-state index is 0.128. The van der Waals surface area contributed by atoms with Gasteiger partial charge in [0.05, 0.1) is 12.3 Å². The molecule has 0 N–H and O–H groups in total. The van der Waals surface area contributed by atoms with E-state index in [1.807, 2.05) is 0 Å². The van der Waals surface area contributed by atoms with Gasteiger partial charge in [-0.1, -0.05) is 41.0 Å². The third-order valence-electron chi connectivity index (χ3n) is 4.69. The molecule has 0 fully saturated rings. The smallest absolute Gasteiger partial charge is 0.243 e. The van der Waals surface area contributed by atoms with E-state index in [1.54, 1.807) is 5.01 Å². The molecular weight excluding hydrogens is 324 g/mol. The van der Waals surface area contributed by atoms with Gasteiger partial charge in [0.2, 0.25) is 5.91 Å². The van der Waals surface area contributed by atoms with E-state index in [0.717, 1.165) is 36.5 Å². The predicted molar refractivity (Wildman–Crippen MR) is 108 cm³/mol. The predicted octanol–water partition coefficient (Wildman–Crippen LogP) is 5.28. The fourth-order valence-electron chi connectivity index (χ4n) is 3.19. The quantitative estimate of drug-likeness (QED) is 0.593. The van der Waals surface area contributed by atoms with Crippen LogP contribution in [-0.2, 0) is 4.79 Å². The van der Waals surface area contributed by atoms with Gasteiger partial charge in [-0.05, 0) is 48.4 Å². The first-order valence-corrected chi connectivity index (χ1v) is 9.99. The van der Waals surface area contributed by atoms with Gasteiger partial charge >= 0.3 is 0 Å². The Hall–Kier alpha value is -1.84. The number of aryl methyl sites for hydroxylation is 1. The second kappa shape index (κ2) is 9.20. The molecule has 2 rings (SSSR count). The monoisotopic (exact) mass is 358 g/mol. The molecular formula is C22H34N2O2. The van der Waals surface area contributed by atoms with Gasteiger partial charge < -0.3 is 4.74 Å². The highest BCUT2D eigenvalue weighted by Gasteiger charge is 2.24. The first-order valence-electron chi connectivity index (χ1n) is 9.99. The van der Waals surface area contributed by atoms with Crippen molar-refractivity contribution >= 4 is 11.6 Å². The van der Waals surface area contributed by atoms with Crippen molar-refractivity contribution in [2.75, 3.05) is 13.2 Å². The van der Waals surface area contributed by atoms with Crippen molar-refractivity contribution in [3.63, 3.8) is 0 Å². The number of hydrogen-bond donors (Lipinski definition) is 0. The molecule has 1 aliphatic heterocycles. The molecule has 4 heteroatoms. The van der Waals surface area contributed by atoms with Crippen LogP contribution in [0.3, 0.4) is 0 Å². The first kappa shape index (κ1) is 20.5. The van der Waals surface area contributed by atoms with Crippen molar-refractivity contribution in [1.29, 1.82) is 0 Å². The zero-order chi connectivity index (χ0) is 19.3. The summed E-state index contributed by atoms with van der Waals surface area (Å²) in [5.74, 6) is 1.90. The van der Waals surface area contributed by atoms with Crippen molar-refractivity contribution in [2.45, 2.75) is 73.1 Å². The van der Waals surface area contributed by atoms with E-state index in [0.29, 0.717) is 31.2 Å². The van der Waals surface area contributed by atoms with Crippen LogP contribution in [0.25, 0.3) is 0 Å². The van der Waals surface area contributed by atoms with Crippen LogP contribution in [0, 0.1) is 12.8 Å². The molecule has 0 radical (unpaired) electrons. The highest BCUT2D eigenvalue weighted by Crippen LogP contribution is 2.31. The largest absolute Gasteiger partial charge is 0.493 e. The summed E-state index contributed by atoms with van der Waals surface area (Å²) in [5.41, 5.74) is 4.55. The second-order valence-electron chi connectivity index (χ2n) is 7.98. The summed E-state index contributed by atoms with van der Waals surface area (Å²) in [6, 6.07) is 4.37. The number of ether oxygens (including phenoxy) is 1. The zero-order valence-electron chi connectivity index (χ0n) is 17.3. The Balaban J connectivity index is 2.36. The van der Waals surface area contributed by atoms with Crippen molar-refractivity contribution in [1.82, 2.24) is 5.01 Å². The van der Waals surface area contributed by atoms with Gasteiger partial charge in [0, 0.05) is 24.9 Å². The summed E-state index contributed by atoms with van der Waals surface area (Å²) in [6.45, 7) is 14.3. The fraction of sp³-hybridized carbons (Fsp3) is 0.636. The molecule has 144 valence electrons. The molecule has 0 saturated carbocycles. The van der Waals surface area contributed by atoms with Gasteiger partial charge in [0.1, 0.15) is 5.75 Å². The Morgan fingerprint density at radius 1 is 1.19 bits per heavy atom. The van der Waals surface area contributed by atoms with Crippen molar-refractivity contribution in [3.05, 3.63) is 28.8 Å². The summed E-state index contributed by atoms with van der Waals surface area (Å²) in [7, 11) is 0. The number of benzene rings is 1. The molecule has 0 aromatic heterocycles. The lowest BCUT2D eigenvalue weighted by atomic mass is 9.92. The minimum Gasteiger partial charge on any atom is -0.493 e. The van der Waals surface area contributed by atoms with Crippen LogP contribution in [0.5, 0.6) is 5.75 Å². The highest BCUT2D eigenvalue weighted by molar-refractivity contribution is 6.05. The molecule has 1 amide bonds.